The Labute approximate surface area is 119 Å². The van der Waals surface area contributed by atoms with Gasteiger partial charge in [-0.15, -0.1) is 0 Å². The van der Waals surface area contributed by atoms with Gasteiger partial charge < -0.3 is 9.67 Å². The van der Waals surface area contributed by atoms with Crippen molar-refractivity contribution in [3.8, 4) is 0 Å². The molecule has 2 aliphatic rings. The average molecular weight is 298 g/mol. The molecule has 3 unspecified atom stereocenters. The second-order valence-corrected chi connectivity index (χ2v) is 8.61. The van der Waals surface area contributed by atoms with E-state index < -0.39 is 15.9 Å². The van der Waals surface area contributed by atoms with Crippen molar-refractivity contribution in [3.05, 3.63) is 18.2 Å². The Balaban J connectivity index is 1.76. The molecule has 3 rings (SSSR count). The Bertz CT molecular complexity index is 577. The van der Waals surface area contributed by atoms with Crippen LogP contribution in [0, 0.1) is 5.92 Å². The van der Waals surface area contributed by atoms with Gasteiger partial charge in [0.1, 0.15) is 9.84 Å². The van der Waals surface area contributed by atoms with Crippen LogP contribution < -0.4 is 0 Å². The Morgan fingerprint density at radius 2 is 2.10 bits per heavy atom. The van der Waals surface area contributed by atoms with Crippen molar-refractivity contribution in [2.45, 2.75) is 55.9 Å². The van der Waals surface area contributed by atoms with Crippen LogP contribution in [-0.4, -0.2) is 34.6 Å². The molecule has 2 fully saturated rings. The van der Waals surface area contributed by atoms with Crippen molar-refractivity contribution >= 4 is 9.84 Å². The van der Waals surface area contributed by atoms with E-state index in [9.17, 15) is 13.5 Å². The highest BCUT2D eigenvalue weighted by Crippen LogP contribution is 2.41. The number of nitrogens with zero attached hydrogens (tertiary/aromatic N) is 2. The van der Waals surface area contributed by atoms with Crippen LogP contribution in [0.4, 0.5) is 0 Å². The minimum atomic E-state index is -3.01. The fourth-order valence-electron chi connectivity index (χ4n) is 3.30. The lowest BCUT2D eigenvalue weighted by atomic mass is 9.84. The Morgan fingerprint density at radius 3 is 2.75 bits per heavy atom. The van der Waals surface area contributed by atoms with Gasteiger partial charge in [-0.3, -0.25) is 0 Å². The summed E-state index contributed by atoms with van der Waals surface area (Å²) in [4.78, 5) is 4.15. The highest BCUT2D eigenvalue weighted by Gasteiger charge is 2.35. The quantitative estimate of drug-likeness (QED) is 0.921. The molecule has 112 valence electrons. The third kappa shape index (κ3) is 2.76. The minimum Gasteiger partial charge on any atom is -0.387 e. The molecule has 0 aliphatic heterocycles. The fraction of sp³-hybridized carbons (Fsp3) is 0.786. The number of sulfone groups is 1. The Morgan fingerprint density at radius 1 is 1.35 bits per heavy atom. The van der Waals surface area contributed by atoms with Crippen LogP contribution in [-0.2, 0) is 9.84 Å². The molecule has 0 radical (unpaired) electrons. The lowest BCUT2D eigenvalue weighted by Crippen LogP contribution is -2.30. The van der Waals surface area contributed by atoms with Gasteiger partial charge in [0.2, 0.25) is 0 Å². The largest absolute Gasteiger partial charge is 0.387 e. The van der Waals surface area contributed by atoms with Crippen molar-refractivity contribution in [2.24, 2.45) is 5.92 Å². The van der Waals surface area contributed by atoms with Crippen LogP contribution in [0.15, 0.2) is 12.5 Å². The van der Waals surface area contributed by atoms with Crippen LogP contribution in [0.1, 0.15) is 56.4 Å². The third-order valence-corrected chi connectivity index (χ3v) is 6.30. The van der Waals surface area contributed by atoms with E-state index in [1.54, 1.807) is 12.5 Å². The van der Waals surface area contributed by atoms with Crippen molar-refractivity contribution in [1.82, 2.24) is 9.55 Å². The maximum atomic E-state index is 11.7. The molecule has 20 heavy (non-hydrogen) atoms. The zero-order valence-corrected chi connectivity index (χ0v) is 12.6. The highest BCUT2D eigenvalue weighted by molar-refractivity contribution is 7.91. The van der Waals surface area contributed by atoms with Gasteiger partial charge in [0.15, 0.2) is 0 Å². The summed E-state index contributed by atoms with van der Waals surface area (Å²) < 4.78 is 25.5. The van der Waals surface area contributed by atoms with Gasteiger partial charge in [0.05, 0.1) is 29.6 Å². The van der Waals surface area contributed by atoms with Gasteiger partial charge >= 0.3 is 0 Å². The average Bonchev–Trinajstić information content (AvgIpc) is 3.15. The SMILES string of the molecule is CS(=O)(=O)C1CCCC(C(O)c2cncn2C2CC2)C1. The predicted molar refractivity (Wildman–Crippen MR) is 76.0 cm³/mol. The molecule has 1 N–H and O–H groups in total. The topological polar surface area (TPSA) is 72.2 Å². The normalized spacial score (nSPS) is 29.3. The van der Waals surface area contributed by atoms with E-state index in [4.69, 9.17) is 0 Å². The molecule has 1 aromatic rings. The number of hydrogen-bond donors (Lipinski definition) is 1. The molecule has 0 saturated heterocycles. The molecule has 3 atom stereocenters. The fourth-order valence-corrected chi connectivity index (χ4v) is 4.49. The van der Waals surface area contributed by atoms with Gasteiger partial charge in [-0.05, 0) is 38.0 Å². The van der Waals surface area contributed by atoms with Crippen LogP contribution >= 0.6 is 0 Å². The summed E-state index contributed by atoms with van der Waals surface area (Å²) in [5, 5.41) is 10.3. The van der Waals surface area contributed by atoms with Gasteiger partial charge in [0, 0.05) is 12.3 Å². The van der Waals surface area contributed by atoms with Crippen molar-refractivity contribution in [2.75, 3.05) is 6.26 Å². The molecule has 1 aromatic heterocycles. The number of rotatable bonds is 4. The molecule has 0 spiro atoms. The van der Waals surface area contributed by atoms with Gasteiger partial charge in [-0.1, -0.05) is 6.42 Å². The van der Waals surface area contributed by atoms with E-state index >= 15 is 0 Å². The summed E-state index contributed by atoms with van der Waals surface area (Å²) in [5.41, 5.74) is 0.853. The monoisotopic (exact) mass is 298 g/mol. The number of aliphatic hydroxyl groups excluding tert-OH is 1. The first-order valence-corrected chi connectivity index (χ1v) is 9.31. The molecule has 6 heteroatoms. The van der Waals surface area contributed by atoms with E-state index in [0.29, 0.717) is 12.5 Å². The van der Waals surface area contributed by atoms with Gasteiger partial charge in [0.25, 0.3) is 0 Å². The summed E-state index contributed by atoms with van der Waals surface area (Å²) in [6, 6.07) is 0.483. The lowest BCUT2D eigenvalue weighted by Gasteiger charge is -2.31. The van der Waals surface area contributed by atoms with Crippen LogP contribution in [0.25, 0.3) is 0 Å². The van der Waals surface area contributed by atoms with E-state index in [0.717, 1.165) is 37.8 Å². The maximum Gasteiger partial charge on any atom is 0.150 e. The van der Waals surface area contributed by atoms with Crippen LogP contribution in [0.2, 0.25) is 0 Å². The molecule has 1 heterocycles. The third-order valence-electron chi connectivity index (χ3n) is 4.66. The first-order chi connectivity index (χ1) is 9.47. The van der Waals surface area contributed by atoms with Crippen LogP contribution in [0.5, 0.6) is 0 Å². The molecule has 2 saturated carbocycles. The summed E-state index contributed by atoms with van der Waals surface area (Å²) in [6.45, 7) is 0. The number of hydrogen-bond acceptors (Lipinski definition) is 4. The van der Waals surface area contributed by atoms with E-state index in [1.807, 2.05) is 0 Å². The van der Waals surface area contributed by atoms with Crippen molar-refractivity contribution < 1.29 is 13.5 Å². The number of imidazole rings is 1. The maximum absolute atomic E-state index is 11.7. The molecule has 0 aromatic carbocycles. The first-order valence-electron chi connectivity index (χ1n) is 7.35. The number of aromatic nitrogens is 2. The van der Waals surface area contributed by atoms with E-state index in [1.165, 1.54) is 6.26 Å². The first kappa shape index (κ1) is 14.1. The van der Waals surface area contributed by atoms with Gasteiger partial charge in [-0.25, -0.2) is 13.4 Å². The molecular weight excluding hydrogens is 276 g/mol. The van der Waals surface area contributed by atoms with Crippen LogP contribution in [0.3, 0.4) is 0 Å². The van der Waals surface area contributed by atoms with Gasteiger partial charge in [-0.2, -0.15) is 0 Å². The zero-order chi connectivity index (χ0) is 14.3. The molecule has 0 bridgehead atoms. The Hall–Kier alpha value is -0.880. The van der Waals surface area contributed by atoms with Crippen molar-refractivity contribution in [1.29, 1.82) is 0 Å². The molecule has 0 amide bonds. The smallest absolute Gasteiger partial charge is 0.150 e. The Kier molecular flexibility index (Phi) is 3.62. The second-order valence-electron chi connectivity index (χ2n) is 6.28. The molecule has 5 nitrogen and oxygen atoms in total. The lowest BCUT2D eigenvalue weighted by molar-refractivity contribution is 0.0786. The van der Waals surface area contributed by atoms with E-state index in [-0.39, 0.29) is 11.2 Å². The zero-order valence-electron chi connectivity index (χ0n) is 11.8. The van der Waals surface area contributed by atoms with E-state index in [2.05, 4.69) is 9.55 Å². The summed E-state index contributed by atoms with van der Waals surface area (Å²) in [7, 11) is -3.01. The predicted octanol–water partition coefficient (Wildman–Crippen LogP) is 1.85. The number of aliphatic hydroxyl groups is 1. The molecule has 2 aliphatic carbocycles. The standard InChI is InChI=1S/C14H22N2O3S/c1-20(18,19)12-4-2-3-10(7-12)14(17)13-8-15-9-16(13)11-5-6-11/h8-12,14,17H,2-7H2,1H3. The molecular formula is C14H22N2O3S. The second kappa shape index (κ2) is 5.15. The summed E-state index contributed by atoms with van der Waals surface area (Å²) in [5.74, 6) is 0.0256. The van der Waals surface area contributed by atoms with Crippen molar-refractivity contribution in [3.63, 3.8) is 0 Å². The summed E-state index contributed by atoms with van der Waals surface area (Å²) >= 11 is 0. The highest BCUT2D eigenvalue weighted by atomic mass is 32.2. The summed E-state index contributed by atoms with van der Waals surface area (Å²) in [6.07, 6.45) is 9.57. The minimum absolute atomic E-state index is 0.0256.